The molecule has 2 aromatic heterocycles. The molecule has 0 aromatic carbocycles. The molecule has 0 aliphatic carbocycles. The van der Waals surface area contributed by atoms with Crippen LogP contribution in [0.1, 0.15) is 38.3 Å². The summed E-state index contributed by atoms with van der Waals surface area (Å²) in [6.45, 7) is 3.09. The maximum Gasteiger partial charge on any atom is 0.223 e. The number of amides is 1. The first-order valence-corrected chi connectivity index (χ1v) is 8.80. The van der Waals surface area contributed by atoms with E-state index >= 15 is 0 Å². The van der Waals surface area contributed by atoms with E-state index < -0.39 is 0 Å². The van der Waals surface area contributed by atoms with Gasteiger partial charge in [-0.05, 0) is 37.8 Å². The Kier molecular flexibility index (Phi) is 4.83. The fraction of sp³-hybridized carbons (Fsp3) is 0.471. The first-order valence-electron chi connectivity index (χ1n) is 7.92. The van der Waals surface area contributed by atoms with E-state index in [0.29, 0.717) is 12.5 Å². The summed E-state index contributed by atoms with van der Waals surface area (Å²) in [5.41, 5.74) is 2.04. The van der Waals surface area contributed by atoms with Gasteiger partial charge in [0.2, 0.25) is 5.91 Å². The Morgan fingerprint density at radius 2 is 2.41 bits per heavy atom. The summed E-state index contributed by atoms with van der Waals surface area (Å²) >= 11 is 1.62. The number of pyridine rings is 1. The van der Waals surface area contributed by atoms with Crippen molar-refractivity contribution in [2.24, 2.45) is 0 Å². The number of hydrogen-bond acceptors (Lipinski definition) is 4. The predicted octanol–water partition coefficient (Wildman–Crippen LogP) is 3.54. The molecule has 3 rings (SSSR count). The lowest BCUT2D eigenvalue weighted by atomic mass is 10.1. The lowest BCUT2D eigenvalue weighted by Crippen LogP contribution is -2.35. The van der Waals surface area contributed by atoms with Crippen LogP contribution in [0, 0.1) is 0 Å². The van der Waals surface area contributed by atoms with E-state index in [2.05, 4.69) is 27.2 Å². The number of carbonyl (C=O) groups is 1. The van der Waals surface area contributed by atoms with Crippen LogP contribution in [0.4, 0.5) is 0 Å². The third-order valence-electron chi connectivity index (χ3n) is 4.22. The van der Waals surface area contributed by atoms with Crippen molar-refractivity contribution in [2.45, 2.75) is 45.1 Å². The topological polar surface area (TPSA) is 46.1 Å². The van der Waals surface area contributed by atoms with Crippen LogP contribution in [0.25, 0.3) is 10.6 Å². The lowest BCUT2D eigenvalue weighted by molar-refractivity contribution is -0.132. The van der Waals surface area contributed by atoms with Crippen molar-refractivity contribution in [1.29, 1.82) is 0 Å². The molecular formula is C17H21N3OS. The Morgan fingerprint density at radius 3 is 3.18 bits per heavy atom. The number of hydrogen-bond donors (Lipinski definition) is 0. The van der Waals surface area contributed by atoms with E-state index in [-0.39, 0.29) is 5.91 Å². The van der Waals surface area contributed by atoms with E-state index in [4.69, 9.17) is 0 Å². The average Bonchev–Trinajstić information content (AvgIpc) is 3.22. The minimum Gasteiger partial charge on any atom is -0.340 e. The highest BCUT2D eigenvalue weighted by Gasteiger charge is 2.26. The van der Waals surface area contributed by atoms with Crippen LogP contribution < -0.4 is 0 Å². The molecule has 0 N–H and O–H groups in total. The fourth-order valence-electron chi connectivity index (χ4n) is 3.01. The molecule has 3 heterocycles. The monoisotopic (exact) mass is 315 g/mol. The maximum atomic E-state index is 12.4. The standard InChI is InChI=1S/C17H21N3OS/c1-2-15-6-4-10-20(15)16(21)8-7-14-12-22-17(19-14)13-5-3-9-18-11-13/h3,5,9,11-12,15H,2,4,6-8,10H2,1H3. The Balaban J connectivity index is 1.58. The van der Waals surface area contributed by atoms with E-state index in [0.717, 1.165) is 48.5 Å². The van der Waals surface area contributed by atoms with Crippen LogP contribution in [-0.2, 0) is 11.2 Å². The zero-order valence-electron chi connectivity index (χ0n) is 12.9. The molecule has 116 valence electrons. The summed E-state index contributed by atoms with van der Waals surface area (Å²) < 4.78 is 0. The number of aromatic nitrogens is 2. The van der Waals surface area contributed by atoms with Crippen LogP contribution in [0.5, 0.6) is 0 Å². The molecule has 1 fully saturated rings. The van der Waals surface area contributed by atoms with Gasteiger partial charge in [0.05, 0.1) is 5.69 Å². The van der Waals surface area contributed by atoms with Crippen molar-refractivity contribution in [3.63, 3.8) is 0 Å². The van der Waals surface area contributed by atoms with Gasteiger partial charge in [0.15, 0.2) is 0 Å². The molecule has 22 heavy (non-hydrogen) atoms. The number of carbonyl (C=O) groups excluding carboxylic acids is 1. The molecule has 1 amide bonds. The lowest BCUT2D eigenvalue weighted by Gasteiger charge is -2.23. The number of aryl methyl sites for hydroxylation is 1. The van der Waals surface area contributed by atoms with Gasteiger partial charge in [-0.3, -0.25) is 9.78 Å². The Labute approximate surface area is 135 Å². The fourth-order valence-corrected chi connectivity index (χ4v) is 3.86. The summed E-state index contributed by atoms with van der Waals surface area (Å²) in [5, 5.41) is 3.03. The molecule has 0 saturated carbocycles. The minimum absolute atomic E-state index is 0.278. The zero-order chi connectivity index (χ0) is 15.4. The van der Waals surface area contributed by atoms with Gasteiger partial charge in [-0.1, -0.05) is 6.92 Å². The number of rotatable bonds is 5. The summed E-state index contributed by atoms with van der Waals surface area (Å²) in [6, 6.07) is 4.38. The molecule has 0 bridgehead atoms. The van der Waals surface area contributed by atoms with Crippen LogP contribution in [0.2, 0.25) is 0 Å². The van der Waals surface area contributed by atoms with Crippen LogP contribution in [-0.4, -0.2) is 33.4 Å². The largest absolute Gasteiger partial charge is 0.340 e. The highest BCUT2D eigenvalue weighted by Crippen LogP contribution is 2.24. The molecule has 1 unspecified atom stereocenters. The van der Waals surface area contributed by atoms with Crippen molar-refractivity contribution < 1.29 is 4.79 Å². The van der Waals surface area contributed by atoms with E-state index in [1.807, 2.05) is 18.3 Å². The van der Waals surface area contributed by atoms with Gasteiger partial charge in [0.1, 0.15) is 5.01 Å². The third kappa shape index (κ3) is 3.35. The molecule has 4 nitrogen and oxygen atoms in total. The van der Waals surface area contributed by atoms with Crippen LogP contribution in [0.15, 0.2) is 29.9 Å². The second-order valence-electron chi connectivity index (χ2n) is 5.68. The summed E-state index contributed by atoms with van der Waals surface area (Å²) in [5.74, 6) is 0.278. The number of thiazole rings is 1. The van der Waals surface area contributed by atoms with Crippen molar-refractivity contribution in [3.05, 3.63) is 35.6 Å². The van der Waals surface area contributed by atoms with Crippen LogP contribution >= 0.6 is 11.3 Å². The first kappa shape index (κ1) is 15.2. The Bertz CT molecular complexity index is 626. The van der Waals surface area contributed by atoms with Crippen molar-refractivity contribution in [3.8, 4) is 10.6 Å². The molecule has 1 aliphatic heterocycles. The Hall–Kier alpha value is -1.75. The van der Waals surface area contributed by atoms with Crippen LogP contribution in [0.3, 0.4) is 0 Å². The van der Waals surface area contributed by atoms with Gasteiger partial charge >= 0.3 is 0 Å². The molecule has 2 aromatic rings. The summed E-state index contributed by atoms with van der Waals surface area (Å²) in [4.78, 5) is 23.2. The molecule has 0 spiro atoms. The predicted molar refractivity (Wildman–Crippen MR) is 88.7 cm³/mol. The number of nitrogens with zero attached hydrogens (tertiary/aromatic N) is 3. The highest BCUT2D eigenvalue weighted by molar-refractivity contribution is 7.13. The van der Waals surface area contributed by atoms with Crippen molar-refractivity contribution in [2.75, 3.05) is 6.54 Å². The average molecular weight is 315 g/mol. The van der Waals surface area contributed by atoms with E-state index in [9.17, 15) is 4.79 Å². The maximum absolute atomic E-state index is 12.4. The number of likely N-dealkylation sites (tertiary alicyclic amines) is 1. The molecule has 1 aliphatic rings. The third-order valence-corrected chi connectivity index (χ3v) is 5.16. The van der Waals surface area contributed by atoms with Gasteiger partial charge in [-0.15, -0.1) is 11.3 Å². The second kappa shape index (κ2) is 7.01. The first-order chi connectivity index (χ1) is 10.8. The smallest absolute Gasteiger partial charge is 0.223 e. The van der Waals surface area contributed by atoms with E-state index in [1.165, 1.54) is 0 Å². The van der Waals surface area contributed by atoms with Gasteiger partial charge in [-0.2, -0.15) is 0 Å². The second-order valence-corrected chi connectivity index (χ2v) is 6.54. The molecule has 1 atom stereocenters. The van der Waals surface area contributed by atoms with Gasteiger partial charge in [0.25, 0.3) is 0 Å². The molecule has 5 heteroatoms. The Morgan fingerprint density at radius 1 is 1.50 bits per heavy atom. The van der Waals surface area contributed by atoms with Gasteiger partial charge < -0.3 is 4.90 Å². The SMILES string of the molecule is CCC1CCCN1C(=O)CCc1csc(-c2cccnc2)n1. The minimum atomic E-state index is 0.278. The van der Waals surface area contributed by atoms with E-state index in [1.54, 1.807) is 17.5 Å². The van der Waals surface area contributed by atoms with Crippen molar-refractivity contribution in [1.82, 2.24) is 14.9 Å². The highest BCUT2D eigenvalue weighted by atomic mass is 32.1. The molecular weight excluding hydrogens is 294 g/mol. The zero-order valence-corrected chi connectivity index (χ0v) is 13.7. The van der Waals surface area contributed by atoms with Crippen molar-refractivity contribution >= 4 is 17.2 Å². The molecule has 0 radical (unpaired) electrons. The summed E-state index contributed by atoms with van der Waals surface area (Å²) in [7, 11) is 0. The molecule has 1 saturated heterocycles. The van der Waals surface area contributed by atoms with Gasteiger partial charge in [0, 0.05) is 42.3 Å². The summed E-state index contributed by atoms with van der Waals surface area (Å²) in [6.07, 6.45) is 8.24. The normalized spacial score (nSPS) is 17.9. The quantitative estimate of drug-likeness (QED) is 0.848. The van der Waals surface area contributed by atoms with Gasteiger partial charge in [-0.25, -0.2) is 4.98 Å².